The summed E-state index contributed by atoms with van der Waals surface area (Å²) in [6.07, 6.45) is 5.11. The van der Waals surface area contributed by atoms with Gasteiger partial charge in [-0.1, -0.05) is 31.0 Å². The van der Waals surface area contributed by atoms with Crippen LogP contribution in [0.3, 0.4) is 0 Å². The Kier molecular flexibility index (Phi) is 6.59. The van der Waals surface area contributed by atoms with Crippen molar-refractivity contribution in [3.05, 3.63) is 29.8 Å². The molecule has 1 atom stereocenters. The predicted octanol–water partition coefficient (Wildman–Crippen LogP) is 1.97. The Bertz CT molecular complexity index is 598. The van der Waals surface area contributed by atoms with Crippen molar-refractivity contribution in [2.24, 2.45) is 5.92 Å². The molecule has 1 aromatic carbocycles. The van der Waals surface area contributed by atoms with Crippen LogP contribution in [0.2, 0.25) is 0 Å². The van der Waals surface area contributed by atoms with Gasteiger partial charge in [-0.3, -0.25) is 0 Å². The quantitative estimate of drug-likeness (QED) is 0.759. The highest BCUT2D eigenvalue weighted by atomic mass is 32.2. The van der Waals surface area contributed by atoms with E-state index in [0.717, 1.165) is 5.56 Å². The van der Waals surface area contributed by atoms with E-state index >= 15 is 0 Å². The van der Waals surface area contributed by atoms with Gasteiger partial charge in [-0.25, -0.2) is 8.42 Å². The van der Waals surface area contributed by atoms with E-state index in [2.05, 4.69) is 12.2 Å². The van der Waals surface area contributed by atoms with E-state index < -0.39 is 10.0 Å². The third-order valence-electron chi connectivity index (χ3n) is 4.80. The number of aliphatic hydroxyl groups excluding tert-OH is 1. The van der Waals surface area contributed by atoms with Crippen molar-refractivity contribution in [3.63, 3.8) is 0 Å². The zero-order chi connectivity index (χ0) is 16.9. The van der Waals surface area contributed by atoms with Gasteiger partial charge in [0.2, 0.25) is 10.0 Å². The lowest BCUT2D eigenvalue weighted by molar-refractivity contribution is 0.266. The van der Waals surface area contributed by atoms with Crippen LogP contribution in [0, 0.1) is 5.92 Å². The molecular weight excluding hydrogens is 312 g/mol. The fourth-order valence-corrected chi connectivity index (χ4v) is 4.61. The Hall–Kier alpha value is -0.950. The molecule has 0 aromatic heterocycles. The molecule has 1 aliphatic rings. The van der Waals surface area contributed by atoms with Crippen LogP contribution >= 0.6 is 0 Å². The second kappa shape index (κ2) is 8.24. The molecule has 6 heteroatoms. The lowest BCUT2D eigenvalue weighted by Crippen LogP contribution is -2.34. The topological polar surface area (TPSA) is 69.6 Å². The number of rotatable bonds is 8. The molecule has 2 N–H and O–H groups in total. The second-order valence-electron chi connectivity index (χ2n) is 6.37. The van der Waals surface area contributed by atoms with Gasteiger partial charge in [-0.15, -0.1) is 0 Å². The van der Waals surface area contributed by atoms with Crippen molar-refractivity contribution < 1.29 is 13.5 Å². The summed E-state index contributed by atoms with van der Waals surface area (Å²) in [6, 6.07) is 7.49. The van der Waals surface area contributed by atoms with Gasteiger partial charge in [0.1, 0.15) is 0 Å². The number of aliphatic hydroxyl groups is 1. The van der Waals surface area contributed by atoms with Crippen LogP contribution in [0.4, 0.5) is 0 Å². The van der Waals surface area contributed by atoms with Crippen molar-refractivity contribution in [2.45, 2.75) is 50.1 Å². The summed E-state index contributed by atoms with van der Waals surface area (Å²) >= 11 is 0. The molecule has 1 unspecified atom stereocenters. The molecule has 1 aliphatic carbocycles. The molecule has 0 radical (unpaired) electrons. The monoisotopic (exact) mass is 340 g/mol. The first-order valence-electron chi connectivity index (χ1n) is 8.35. The first-order chi connectivity index (χ1) is 11.0. The largest absolute Gasteiger partial charge is 0.395 e. The lowest BCUT2D eigenvalue weighted by atomic mass is 9.99. The zero-order valence-corrected chi connectivity index (χ0v) is 14.8. The number of nitrogens with zero attached hydrogens (tertiary/aromatic N) is 1. The summed E-state index contributed by atoms with van der Waals surface area (Å²) in [5.74, 6) is 0.691. The van der Waals surface area contributed by atoms with E-state index in [0.29, 0.717) is 23.4 Å². The standard InChI is InChI=1S/C17H28N2O3S/c1-14(15-7-3-4-8-15)18-13-16-9-5-6-10-17(16)23(21,22)19(2)11-12-20/h5-6,9-10,14-15,18,20H,3-4,7-8,11-13H2,1-2H3. The van der Waals surface area contributed by atoms with Crippen LogP contribution < -0.4 is 5.32 Å². The molecule has 1 aromatic rings. The predicted molar refractivity (Wildman–Crippen MR) is 91.6 cm³/mol. The molecule has 0 aliphatic heterocycles. The van der Waals surface area contributed by atoms with Crippen LogP contribution in [0.15, 0.2) is 29.2 Å². The third-order valence-corrected chi connectivity index (χ3v) is 6.75. The molecule has 130 valence electrons. The van der Waals surface area contributed by atoms with E-state index in [4.69, 9.17) is 5.11 Å². The Morgan fingerprint density at radius 3 is 2.61 bits per heavy atom. The minimum Gasteiger partial charge on any atom is -0.395 e. The molecule has 1 saturated carbocycles. The first-order valence-corrected chi connectivity index (χ1v) is 9.79. The van der Waals surface area contributed by atoms with Gasteiger partial charge in [-0.05, 0) is 37.3 Å². The Morgan fingerprint density at radius 1 is 1.30 bits per heavy atom. The van der Waals surface area contributed by atoms with Gasteiger partial charge in [-0.2, -0.15) is 4.31 Å². The van der Waals surface area contributed by atoms with Crippen LogP contribution in [0.5, 0.6) is 0 Å². The van der Waals surface area contributed by atoms with Crippen molar-refractivity contribution in [1.82, 2.24) is 9.62 Å². The SMILES string of the molecule is CC(NCc1ccccc1S(=O)(=O)N(C)CCO)C1CCCC1. The van der Waals surface area contributed by atoms with Gasteiger partial charge in [0, 0.05) is 26.2 Å². The molecule has 1 fully saturated rings. The van der Waals surface area contributed by atoms with E-state index in [1.807, 2.05) is 12.1 Å². The maximum absolute atomic E-state index is 12.6. The second-order valence-corrected chi connectivity index (χ2v) is 8.39. The van der Waals surface area contributed by atoms with Gasteiger partial charge in [0.25, 0.3) is 0 Å². The Morgan fingerprint density at radius 2 is 1.96 bits per heavy atom. The van der Waals surface area contributed by atoms with Gasteiger partial charge in [0.15, 0.2) is 0 Å². The van der Waals surface area contributed by atoms with Crippen LogP contribution in [0.1, 0.15) is 38.2 Å². The van der Waals surface area contributed by atoms with Crippen molar-refractivity contribution in [3.8, 4) is 0 Å². The smallest absolute Gasteiger partial charge is 0.243 e. The zero-order valence-electron chi connectivity index (χ0n) is 14.0. The van der Waals surface area contributed by atoms with E-state index in [-0.39, 0.29) is 13.2 Å². The molecule has 0 amide bonds. The normalized spacial score (nSPS) is 17.7. The summed E-state index contributed by atoms with van der Waals surface area (Å²) in [5.41, 5.74) is 0.780. The molecule has 5 nitrogen and oxygen atoms in total. The lowest BCUT2D eigenvalue weighted by Gasteiger charge is -2.22. The molecule has 0 bridgehead atoms. The van der Waals surface area contributed by atoms with E-state index in [1.54, 1.807) is 12.1 Å². The highest BCUT2D eigenvalue weighted by Crippen LogP contribution is 2.28. The van der Waals surface area contributed by atoms with Crippen LogP contribution in [0.25, 0.3) is 0 Å². The number of hydrogen-bond donors (Lipinski definition) is 2. The fourth-order valence-electron chi connectivity index (χ4n) is 3.23. The van der Waals surface area contributed by atoms with Gasteiger partial charge >= 0.3 is 0 Å². The molecule has 0 heterocycles. The van der Waals surface area contributed by atoms with E-state index in [1.165, 1.54) is 37.0 Å². The third kappa shape index (κ3) is 4.53. The summed E-state index contributed by atoms with van der Waals surface area (Å²) in [6.45, 7) is 2.64. The molecular formula is C17H28N2O3S. The van der Waals surface area contributed by atoms with Gasteiger partial charge < -0.3 is 10.4 Å². The molecule has 0 saturated heterocycles. The maximum Gasteiger partial charge on any atom is 0.243 e. The van der Waals surface area contributed by atoms with Crippen molar-refractivity contribution in [2.75, 3.05) is 20.2 Å². The number of hydrogen-bond acceptors (Lipinski definition) is 4. The molecule has 0 spiro atoms. The number of sulfonamides is 1. The van der Waals surface area contributed by atoms with Gasteiger partial charge in [0.05, 0.1) is 11.5 Å². The summed E-state index contributed by atoms with van der Waals surface area (Å²) in [5, 5.41) is 12.5. The molecule has 2 rings (SSSR count). The van der Waals surface area contributed by atoms with Crippen LogP contribution in [-0.2, 0) is 16.6 Å². The van der Waals surface area contributed by atoms with Crippen molar-refractivity contribution in [1.29, 1.82) is 0 Å². The average Bonchev–Trinajstić information content (AvgIpc) is 3.07. The van der Waals surface area contributed by atoms with E-state index in [9.17, 15) is 8.42 Å². The Labute approximate surface area is 139 Å². The summed E-state index contributed by atoms with van der Waals surface area (Å²) < 4.78 is 26.5. The van der Waals surface area contributed by atoms with Crippen LogP contribution in [-0.4, -0.2) is 44.1 Å². The average molecular weight is 340 g/mol. The minimum absolute atomic E-state index is 0.0998. The highest BCUT2D eigenvalue weighted by molar-refractivity contribution is 7.89. The Balaban J connectivity index is 2.11. The summed E-state index contributed by atoms with van der Waals surface area (Å²) in [7, 11) is -2.07. The number of benzene rings is 1. The maximum atomic E-state index is 12.6. The van der Waals surface area contributed by atoms with Crippen molar-refractivity contribution >= 4 is 10.0 Å². The highest BCUT2D eigenvalue weighted by Gasteiger charge is 2.25. The fraction of sp³-hybridized carbons (Fsp3) is 0.647. The number of likely N-dealkylation sites (N-methyl/N-ethyl adjacent to an activating group) is 1. The summed E-state index contributed by atoms with van der Waals surface area (Å²) in [4.78, 5) is 0.321. The number of nitrogens with one attached hydrogen (secondary N) is 1. The first kappa shape index (κ1) is 18.4. The minimum atomic E-state index is -3.57. The molecule has 23 heavy (non-hydrogen) atoms.